The molecular weight excluding hydrogens is 306 g/mol. The number of carbonyl (C=O) groups is 1. The Morgan fingerprint density at radius 1 is 1.52 bits per heavy atom. The molecule has 1 aromatic heterocycles. The number of fused-ring (bicyclic) bond motifs is 1. The number of pyridine rings is 1. The Balaban J connectivity index is 2.40. The monoisotopic (exact) mass is 322 g/mol. The summed E-state index contributed by atoms with van der Waals surface area (Å²) in [4.78, 5) is 24.6. The first-order valence-electron chi connectivity index (χ1n) is 7.31. The highest BCUT2D eigenvalue weighted by atomic mass is 19.1. The number of hydrogen-bond donors (Lipinski definition) is 1. The van der Waals surface area contributed by atoms with Crippen LogP contribution in [-0.4, -0.2) is 23.3 Å². The van der Waals surface area contributed by atoms with Crippen LogP contribution in [0.2, 0.25) is 0 Å². The molecule has 0 radical (unpaired) electrons. The summed E-state index contributed by atoms with van der Waals surface area (Å²) in [6.07, 6.45) is 0.397. The fraction of sp³-hybridized carbons (Fsp3) is 0.375. The second-order valence-electron chi connectivity index (χ2n) is 5.61. The maximum atomic E-state index is 14.0. The Hall–Kier alpha value is -2.44. The first-order chi connectivity index (χ1) is 10.9. The summed E-state index contributed by atoms with van der Waals surface area (Å²) in [5.41, 5.74) is 5.28. The van der Waals surface area contributed by atoms with Gasteiger partial charge in [0.15, 0.2) is 0 Å². The van der Waals surface area contributed by atoms with Crippen LogP contribution in [0.15, 0.2) is 17.1 Å². The van der Waals surface area contributed by atoms with Crippen LogP contribution in [0.5, 0.6) is 0 Å². The van der Waals surface area contributed by atoms with Gasteiger partial charge in [-0.25, -0.2) is 13.6 Å². The van der Waals surface area contributed by atoms with Crippen LogP contribution in [0, 0.1) is 12.7 Å². The molecule has 23 heavy (non-hydrogen) atoms. The summed E-state index contributed by atoms with van der Waals surface area (Å²) in [5.74, 6) is -1.38. The minimum atomic E-state index is -1.10. The molecule has 1 heterocycles. The average Bonchev–Trinajstić information content (AvgIpc) is 3.21. The number of benzene rings is 1. The van der Waals surface area contributed by atoms with Gasteiger partial charge in [-0.15, -0.1) is 0 Å². The number of ether oxygens (including phenoxy) is 1. The summed E-state index contributed by atoms with van der Waals surface area (Å²) in [6.45, 7) is 3.21. The Kier molecular flexibility index (Phi) is 3.58. The van der Waals surface area contributed by atoms with Crippen molar-refractivity contribution in [3.05, 3.63) is 39.4 Å². The zero-order chi connectivity index (χ0) is 16.9. The predicted molar refractivity (Wildman–Crippen MR) is 81.8 cm³/mol. The van der Waals surface area contributed by atoms with Crippen LogP contribution in [0.3, 0.4) is 0 Å². The van der Waals surface area contributed by atoms with E-state index in [1.54, 1.807) is 6.92 Å². The highest BCUT2D eigenvalue weighted by Gasteiger charge is 2.40. The standard InChI is InChI=1S/C16H16F2N2O3/c1-3-23-16(22)8-6-20(12-5-10(12)18)14-7(2)9(17)4-11(19)13(14)15(8)21/h4,6,10,12H,3,5,19H2,1-2H3/t10-,12-/m1/s1. The van der Waals surface area contributed by atoms with Gasteiger partial charge >= 0.3 is 5.97 Å². The Bertz CT molecular complexity index is 876. The van der Waals surface area contributed by atoms with Crippen LogP contribution in [0.4, 0.5) is 14.5 Å². The van der Waals surface area contributed by atoms with Crippen molar-refractivity contribution in [1.29, 1.82) is 0 Å². The minimum absolute atomic E-state index is 0.0218. The number of nitrogens with two attached hydrogens (primary N) is 1. The van der Waals surface area contributed by atoms with E-state index in [9.17, 15) is 18.4 Å². The zero-order valence-corrected chi connectivity index (χ0v) is 12.7. The summed E-state index contributed by atoms with van der Waals surface area (Å²) in [6, 6.07) is 0.504. The van der Waals surface area contributed by atoms with Crippen LogP contribution >= 0.6 is 0 Å². The lowest BCUT2D eigenvalue weighted by molar-refractivity contribution is 0.0524. The van der Waals surface area contributed by atoms with Crippen molar-refractivity contribution < 1.29 is 18.3 Å². The fourth-order valence-corrected chi connectivity index (χ4v) is 2.77. The number of rotatable bonds is 3. The predicted octanol–water partition coefficient (Wildman–Crippen LogP) is 2.49. The molecule has 0 spiro atoms. The van der Waals surface area contributed by atoms with Gasteiger partial charge in [-0.05, 0) is 19.9 Å². The largest absolute Gasteiger partial charge is 0.462 e. The molecule has 1 fully saturated rings. The molecule has 0 bridgehead atoms. The molecule has 1 aliphatic rings. The van der Waals surface area contributed by atoms with E-state index in [-0.39, 0.29) is 40.7 Å². The van der Waals surface area contributed by atoms with E-state index >= 15 is 0 Å². The van der Waals surface area contributed by atoms with Gasteiger partial charge in [0, 0.05) is 23.9 Å². The molecule has 0 saturated heterocycles. The molecule has 0 aliphatic heterocycles. The van der Waals surface area contributed by atoms with E-state index in [1.165, 1.54) is 17.7 Å². The molecule has 1 aromatic carbocycles. The first kappa shape index (κ1) is 15.5. The van der Waals surface area contributed by atoms with Gasteiger partial charge in [0.05, 0.1) is 23.6 Å². The van der Waals surface area contributed by atoms with Gasteiger partial charge in [0.25, 0.3) is 0 Å². The number of hydrogen-bond acceptors (Lipinski definition) is 4. The minimum Gasteiger partial charge on any atom is -0.462 e. The third kappa shape index (κ3) is 2.36. The Morgan fingerprint density at radius 3 is 2.74 bits per heavy atom. The Morgan fingerprint density at radius 2 is 2.17 bits per heavy atom. The summed E-state index contributed by atoms with van der Waals surface area (Å²) in [5, 5.41) is 0.0218. The topological polar surface area (TPSA) is 74.3 Å². The van der Waals surface area contributed by atoms with Crippen molar-refractivity contribution in [3.63, 3.8) is 0 Å². The molecular formula is C16H16F2N2O3. The quantitative estimate of drug-likeness (QED) is 0.696. The van der Waals surface area contributed by atoms with Gasteiger partial charge in [-0.2, -0.15) is 0 Å². The number of nitrogen functional groups attached to an aromatic ring is 1. The van der Waals surface area contributed by atoms with Crippen molar-refractivity contribution in [2.45, 2.75) is 32.5 Å². The smallest absolute Gasteiger partial charge is 0.343 e. The number of esters is 1. The lowest BCUT2D eigenvalue weighted by Crippen LogP contribution is -2.22. The second kappa shape index (κ2) is 5.33. The number of anilines is 1. The molecule has 1 saturated carbocycles. The number of nitrogens with zero attached hydrogens (tertiary/aromatic N) is 1. The number of halogens is 2. The first-order valence-corrected chi connectivity index (χ1v) is 7.31. The molecule has 3 rings (SSSR count). The molecule has 2 atom stereocenters. The third-order valence-corrected chi connectivity index (χ3v) is 4.05. The van der Waals surface area contributed by atoms with Crippen LogP contribution in [0.25, 0.3) is 10.9 Å². The van der Waals surface area contributed by atoms with Crippen molar-refractivity contribution >= 4 is 22.6 Å². The highest BCUT2D eigenvalue weighted by molar-refractivity contribution is 5.99. The molecule has 0 amide bonds. The van der Waals surface area contributed by atoms with E-state index in [0.29, 0.717) is 0 Å². The van der Waals surface area contributed by atoms with E-state index in [2.05, 4.69) is 0 Å². The SMILES string of the molecule is CCOC(=O)c1cn([C@@H]2C[C@H]2F)c2c(C)c(F)cc(N)c2c1=O. The van der Waals surface area contributed by atoms with Crippen LogP contribution in [-0.2, 0) is 4.74 Å². The molecule has 122 valence electrons. The lowest BCUT2D eigenvalue weighted by atomic mass is 10.0. The summed E-state index contributed by atoms with van der Waals surface area (Å²) in [7, 11) is 0. The number of aromatic nitrogens is 1. The number of carbonyl (C=O) groups excluding carboxylic acids is 1. The maximum Gasteiger partial charge on any atom is 0.343 e. The van der Waals surface area contributed by atoms with Gasteiger partial charge in [0.2, 0.25) is 5.43 Å². The van der Waals surface area contributed by atoms with Gasteiger partial charge in [-0.1, -0.05) is 0 Å². The van der Waals surface area contributed by atoms with Crippen molar-refractivity contribution in [1.82, 2.24) is 4.57 Å². The second-order valence-corrected chi connectivity index (χ2v) is 5.61. The normalized spacial score (nSPS) is 19.8. The van der Waals surface area contributed by atoms with Crippen LogP contribution < -0.4 is 11.2 Å². The van der Waals surface area contributed by atoms with Gasteiger partial charge in [0.1, 0.15) is 17.6 Å². The lowest BCUT2D eigenvalue weighted by Gasteiger charge is -2.16. The van der Waals surface area contributed by atoms with Gasteiger partial charge < -0.3 is 15.0 Å². The molecule has 0 unspecified atom stereocenters. The zero-order valence-electron chi connectivity index (χ0n) is 12.7. The molecule has 2 aromatic rings. The highest BCUT2D eigenvalue weighted by Crippen LogP contribution is 2.41. The number of alkyl halides is 1. The van der Waals surface area contributed by atoms with E-state index in [0.717, 1.165) is 6.07 Å². The third-order valence-electron chi connectivity index (χ3n) is 4.05. The van der Waals surface area contributed by atoms with Crippen molar-refractivity contribution in [2.75, 3.05) is 12.3 Å². The molecule has 1 aliphatic carbocycles. The van der Waals surface area contributed by atoms with E-state index in [4.69, 9.17) is 10.5 Å². The summed E-state index contributed by atoms with van der Waals surface area (Å²) < 4.78 is 33.9. The number of aryl methyl sites for hydroxylation is 1. The van der Waals surface area contributed by atoms with E-state index in [1.807, 2.05) is 0 Å². The fourth-order valence-electron chi connectivity index (χ4n) is 2.77. The molecule has 5 nitrogen and oxygen atoms in total. The molecule has 7 heteroatoms. The van der Waals surface area contributed by atoms with Gasteiger partial charge in [-0.3, -0.25) is 4.79 Å². The van der Waals surface area contributed by atoms with Crippen molar-refractivity contribution in [2.24, 2.45) is 0 Å². The van der Waals surface area contributed by atoms with E-state index < -0.39 is 29.4 Å². The van der Waals surface area contributed by atoms with Crippen molar-refractivity contribution in [3.8, 4) is 0 Å². The molecule has 2 N–H and O–H groups in total. The maximum absolute atomic E-state index is 14.0. The summed E-state index contributed by atoms with van der Waals surface area (Å²) >= 11 is 0. The average molecular weight is 322 g/mol. The van der Waals surface area contributed by atoms with Crippen LogP contribution in [0.1, 0.15) is 35.3 Å². The Labute approximate surface area is 130 Å².